The van der Waals surface area contributed by atoms with E-state index in [-0.39, 0.29) is 0 Å². The molecule has 0 radical (unpaired) electrons. The van der Waals surface area contributed by atoms with E-state index < -0.39 is 0 Å². The number of anilines is 1. The monoisotopic (exact) mass is 297 g/mol. The van der Waals surface area contributed by atoms with Crippen LogP contribution in [0.15, 0.2) is 59.5 Å². The molecule has 0 bridgehead atoms. The summed E-state index contributed by atoms with van der Waals surface area (Å²) >= 11 is 2.05. The van der Waals surface area contributed by atoms with Gasteiger partial charge in [0.1, 0.15) is 0 Å². The van der Waals surface area contributed by atoms with E-state index in [1.165, 1.54) is 41.8 Å². The lowest BCUT2D eigenvalue weighted by atomic mass is 10.1. The second-order valence-corrected chi connectivity index (χ2v) is 7.20. The minimum atomic E-state index is 0.333. The molecule has 1 aliphatic carbocycles. The molecule has 2 heteroatoms. The lowest BCUT2D eigenvalue weighted by Gasteiger charge is -2.16. The van der Waals surface area contributed by atoms with E-state index in [1.807, 2.05) is 11.8 Å². The van der Waals surface area contributed by atoms with E-state index >= 15 is 0 Å². The third-order valence-corrected chi connectivity index (χ3v) is 5.49. The largest absolute Gasteiger partial charge is 0.379 e. The molecular formula is C19H23NS. The highest BCUT2D eigenvalue weighted by Crippen LogP contribution is 2.35. The lowest BCUT2D eigenvalue weighted by Crippen LogP contribution is -2.06. The molecule has 0 heterocycles. The molecule has 3 rings (SSSR count). The molecule has 1 aliphatic rings. The Hall–Kier alpha value is -1.41. The Morgan fingerprint density at radius 2 is 1.62 bits per heavy atom. The maximum atomic E-state index is 3.57. The first kappa shape index (κ1) is 14.5. The lowest BCUT2D eigenvalue weighted by molar-refractivity contribution is 0.884. The Balaban J connectivity index is 1.59. The second-order valence-electron chi connectivity index (χ2n) is 5.83. The highest BCUT2D eigenvalue weighted by atomic mass is 32.2. The molecule has 1 fully saturated rings. The fourth-order valence-electron chi connectivity index (χ4n) is 2.90. The quantitative estimate of drug-likeness (QED) is 0.738. The van der Waals surface area contributed by atoms with Crippen molar-refractivity contribution >= 4 is 17.4 Å². The van der Waals surface area contributed by atoms with Crippen LogP contribution in [-0.4, -0.2) is 5.25 Å². The van der Waals surface area contributed by atoms with Crippen LogP contribution >= 0.6 is 11.8 Å². The SMILES string of the molecule is CC(Nc1ccc(SC2CCCC2)cc1)c1ccccc1. The van der Waals surface area contributed by atoms with Crippen molar-refractivity contribution in [3.05, 3.63) is 60.2 Å². The fraction of sp³-hybridized carbons (Fsp3) is 0.368. The Morgan fingerprint density at radius 1 is 0.952 bits per heavy atom. The zero-order valence-electron chi connectivity index (χ0n) is 12.6. The molecule has 0 aromatic heterocycles. The van der Waals surface area contributed by atoms with Crippen molar-refractivity contribution in [2.45, 2.75) is 48.8 Å². The van der Waals surface area contributed by atoms with Crippen molar-refractivity contribution in [2.75, 3.05) is 5.32 Å². The van der Waals surface area contributed by atoms with Gasteiger partial charge >= 0.3 is 0 Å². The molecule has 1 saturated carbocycles. The van der Waals surface area contributed by atoms with Crippen LogP contribution in [0.5, 0.6) is 0 Å². The van der Waals surface area contributed by atoms with E-state index in [1.54, 1.807) is 0 Å². The first-order valence-electron chi connectivity index (χ1n) is 7.89. The van der Waals surface area contributed by atoms with Gasteiger partial charge in [0.15, 0.2) is 0 Å². The van der Waals surface area contributed by atoms with Gasteiger partial charge in [0, 0.05) is 21.9 Å². The average molecular weight is 297 g/mol. The van der Waals surface area contributed by atoms with Gasteiger partial charge in [-0.1, -0.05) is 43.2 Å². The number of thioether (sulfide) groups is 1. The molecule has 2 aromatic rings. The van der Waals surface area contributed by atoms with Crippen LogP contribution in [0.3, 0.4) is 0 Å². The van der Waals surface area contributed by atoms with E-state index in [9.17, 15) is 0 Å². The summed E-state index contributed by atoms with van der Waals surface area (Å²) in [4.78, 5) is 1.40. The Morgan fingerprint density at radius 3 is 2.29 bits per heavy atom. The number of hydrogen-bond donors (Lipinski definition) is 1. The van der Waals surface area contributed by atoms with E-state index in [0.29, 0.717) is 6.04 Å². The van der Waals surface area contributed by atoms with Gasteiger partial charge in [-0.25, -0.2) is 0 Å². The summed E-state index contributed by atoms with van der Waals surface area (Å²) in [7, 11) is 0. The molecular weight excluding hydrogens is 274 g/mol. The van der Waals surface area contributed by atoms with Crippen LogP contribution in [0, 0.1) is 0 Å². The summed E-state index contributed by atoms with van der Waals surface area (Å²) in [5.41, 5.74) is 2.52. The molecule has 21 heavy (non-hydrogen) atoms. The predicted molar refractivity (Wildman–Crippen MR) is 93.0 cm³/mol. The van der Waals surface area contributed by atoms with Crippen molar-refractivity contribution in [3.63, 3.8) is 0 Å². The number of rotatable bonds is 5. The van der Waals surface area contributed by atoms with Crippen LogP contribution < -0.4 is 5.32 Å². The van der Waals surface area contributed by atoms with Crippen LogP contribution in [0.25, 0.3) is 0 Å². The van der Waals surface area contributed by atoms with Crippen molar-refractivity contribution in [3.8, 4) is 0 Å². The van der Waals surface area contributed by atoms with Crippen molar-refractivity contribution < 1.29 is 0 Å². The molecule has 1 N–H and O–H groups in total. The minimum absolute atomic E-state index is 0.333. The maximum absolute atomic E-state index is 3.57. The zero-order valence-corrected chi connectivity index (χ0v) is 13.4. The number of nitrogens with one attached hydrogen (secondary N) is 1. The van der Waals surface area contributed by atoms with Crippen molar-refractivity contribution in [1.29, 1.82) is 0 Å². The highest BCUT2D eigenvalue weighted by Gasteiger charge is 2.15. The van der Waals surface area contributed by atoms with Gasteiger partial charge in [-0.2, -0.15) is 0 Å². The Labute approximate surface area is 132 Å². The topological polar surface area (TPSA) is 12.0 Å². The van der Waals surface area contributed by atoms with Gasteiger partial charge < -0.3 is 5.32 Å². The number of hydrogen-bond acceptors (Lipinski definition) is 2. The predicted octanol–water partition coefficient (Wildman–Crippen LogP) is 5.89. The Kier molecular flexibility index (Phi) is 4.87. The zero-order chi connectivity index (χ0) is 14.5. The molecule has 1 nitrogen and oxygen atoms in total. The first-order valence-corrected chi connectivity index (χ1v) is 8.77. The third-order valence-electron chi connectivity index (χ3n) is 4.14. The van der Waals surface area contributed by atoms with Gasteiger partial charge in [-0.15, -0.1) is 11.8 Å². The molecule has 110 valence electrons. The normalized spacial score (nSPS) is 16.8. The average Bonchev–Trinajstić information content (AvgIpc) is 3.03. The van der Waals surface area contributed by atoms with Crippen molar-refractivity contribution in [2.24, 2.45) is 0 Å². The van der Waals surface area contributed by atoms with E-state index in [2.05, 4.69) is 66.8 Å². The molecule has 2 aromatic carbocycles. The summed E-state index contributed by atoms with van der Waals surface area (Å²) in [6, 6.07) is 19.8. The molecule has 0 spiro atoms. The van der Waals surface area contributed by atoms with Gasteiger partial charge in [0.25, 0.3) is 0 Å². The molecule has 0 aliphatic heterocycles. The summed E-state index contributed by atoms with van der Waals surface area (Å²) in [5, 5.41) is 4.41. The van der Waals surface area contributed by atoms with Crippen LogP contribution in [-0.2, 0) is 0 Å². The van der Waals surface area contributed by atoms with E-state index in [0.717, 1.165) is 5.25 Å². The minimum Gasteiger partial charge on any atom is -0.379 e. The molecule has 0 amide bonds. The van der Waals surface area contributed by atoms with Crippen LogP contribution in [0.2, 0.25) is 0 Å². The van der Waals surface area contributed by atoms with Crippen molar-refractivity contribution in [1.82, 2.24) is 0 Å². The van der Waals surface area contributed by atoms with Gasteiger partial charge in [0.05, 0.1) is 0 Å². The third kappa shape index (κ3) is 4.04. The fourth-order valence-corrected chi connectivity index (χ4v) is 4.15. The van der Waals surface area contributed by atoms with Crippen LogP contribution in [0.1, 0.15) is 44.2 Å². The maximum Gasteiger partial charge on any atom is 0.0485 e. The Bertz CT molecular complexity index is 544. The number of benzene rings is 2. The van der Waals surface area contributed by atoms with Gasteiger partial charge in [-0.05, 0) is 49.6 Å². The molecule has 1 unspecified atom stereocenters. The standard InChI is InChI=1S/C19H23NS/c1-15(16-7-3-2-4-8-16)20-17-11-13-19(14-12-17)21-18-9-5-6-10-18/h2-4,7-8,11-15,18,20H,5-6,9-10H2,1H3. The summed E-state index contributed by atoms with van der Waals surface area (Å²) in [5.74, 6) is 0. The highest BCUT2D eigenvalue weighted by molar-refractivity contribution is 8.00. The van der Waals surface area contributed by atoms with Gasteiger partial charge in [0.2, 0.25) is 0 Å². The smallest absolute Gasteiger partial charge is 0.0485 e. The van der Waals surface area contributed by atoms with Gasteiger partial charge in [-0.3, -0.25) is 0 Å². The summed E-state index contributed by atoms with van der Waals surface area (Å²) in [6.07, 6.45) is 5.59. The molecule has 1 atom stereocenters. The molecule has 0 saturated heterocycles. The van der Waals surface area contributed by atoms with Crippen LogP contribution in [0.4, 0.5) is 5.69 Å². The summed E-state index contributed by atoms with van der Waals surface area (Å²) < 4.78 is 0. The second kappa shape index (κ2) is 7.04. The summed E-state index contributed by atoms with van der Waals surface area (Å²) in [6.45, 7) is 2.20. The first-order chi connectivity index (χ1) is 10.3. The van der Waals surface area contributed by atoms with E-state index in [4.69, 9.17) is 0 Å².